The minimum atomic E-state index is -0.408. The van der Waals surface area contributed by atoms with Crippen molar-refractivity contribution in [2.45, 2.75) is 6.92 Å². The molecule has 0 saturated carbocycles. The first-order valence-electron chi connectivity index (χ1n) is 7.99. The third-order valence-corrected chi connectivity index (χ3v) is 3.48. The Morgan fingerprint density at radius 2 is 1.54 bits per heavy atom. The number of Topliss-reactive ketones (excluding diaryl/α,β-unsaturated/α-hetero) is 1. The Balaban J connectivity index is 1.62. The zero-order valence-electron chi connectivity index (χ0n) is 14.4. The van der Waals surface area contributed by atoms with Crippen LogP contribution >= 0.6 is 12.2 Å². The zero-order valence-corrected chi connectivity index (χ0v) is 15.2. The van der Waals surface area contributed by atoms with Crippen molar-refractivity contribution in [3.63, 3.8) is 0 Å². The lowest BCUT2D eigenvalue weighted by atomic mass is 10.2. The van der Waals surface area contributed by atoms with Crippen molar-refractivity contribution >= 4 is 29.0 Å². The molecule has 0 aliphatic carbocycles. The number of thiocarbonyl (C=S) groups is 1. The van der Waals surface area contributed by atoms with Gasteiger partial charge in [-0.1, -0.05) is 35.9 Å². The summed E-state index contributed by atoms with van der Waals surface area (Å²) in [6.45, 7) is 1.68. The highest BCUT2D eigenvalue weighted by Crippen LogP contribution is 2.11. The number of carbonyl (C=O) groups excluding carboxylic acids is 2. The number of carbonyl (C=O) groups is 2. The van der Waals surface area contributed by atoms with E-state index >= 15 is 0 Å². The molecule has 2 N–H and O–H groups in total. The van der Waals surface area contributed by atoms with Gasteiger partial charge in [-0.2, -0.15) is 0 Å². The Kier molecular flexibility index (Phi) is 7.57. The van der Waals surface area contributed by atoms with Crippen molar-refractivity contribution < 1.29 is 19.1 Å². The van der Waals surface area contributed by atoms with E-state index in [1.54, 1.807) is 24.3 Å². The van der Waals surface area contributed by atoms with Crippen molar-refractivity contribution in [2.75, 3.05) is 19.8 Å². The summed E-state index contributed by atoms with van der Waals surface area (Å²) in [6, 6.07) is 16.4. The second kappa shape index (κ2) is 10.1. The van der Waals surface area contributed by atoms with E-state index in [4.69, 9.17) is 21.7 Å². The van der Waals surface area contributed by atoms with Crippen LogP contribution < -0.4 is 20.1 Å². The van der Waals surface area contributed by atoms with Gasteiger partial charge in [-0.05, 0) is 43.4 Å². The lowest BCUT2D eigenvalue weighted by Gasteiger charge is -2.10. The Morgan fingerprint density at radius 1 is 0.923 bits per heavy atom. The van der Waals surface area contributed by atoms with Crippen LogP contribution in [0.4, 0.5) is 0 Å². The summed E-state index contributed by atoms with van der Waals surface area (Å²) in [4.78, 5) is 23.5. The number of hydrogen-bond donors (Lipinski definition) is 2. The van der Waals surface area contributed by atoms with Crippen LogP contribution in [0.15, 0.2) is 54.6 Å². The van der Waals surface area contributed by atoms with Crippen LogP contribution in [0.5, 0.6) is 11.5 Å². The molecule has 0 bridgehead atoms. The molecule has 0 spiro atoms. The van der Waals surface area contributed by atoms with Crippen LogP contribution in [0.25, 0.3) is 0 Å². The smallest absolute Gasteiger partial charge is 0.264 e. The van der Waals surface area contributed by atoms with E-state index in [-0.39, 0.29) is 30.7 Å². The quantitative estimate of drug-likeness (QED) is 0.691. The van der Waals surface area contributed by atoms with E-state index in [1.165, 1.54) is 0 Å². The molecule has 136 valence electrons. The van der Waals surface area contributed by atoms with Gasteiger partial charge in [0.2, 0.25) is 0 Å². The second-order valence-electron chi connectivity index (χ2n) is 5.47. The maximum absolute atomic E-state index is 11.8. The van der Waals surface area contributed by atoms with E-state index in [2.05, 4.69) is 10.6 Å². The molecule has 0 aliphatic heterocycles. The lowest BCUT2D eigenvalue weighted by Crippen LogP contribution is -2.43. The Morgan fingerprint density at radius 3 is 2.23 bits per heavy atom. The van der Waals surface area contributed by atoms with Gasteiger partial charge >= 0.3 is 0 Å². The molecule has 2 aromatic carbocycles. The number of aryl methyl sites for hydroxylation is 1. The topological polar surface area (TPSA) is 76.7 Å². The fraction of sp³-hybridized carbons (Fsp3) is 0.211. The Labute approximate surface area is 157 Å². The first kappa shape index (κ1) is 19.4. The molecule has 2 aromatic rings. The third-order valence-electron chi connectivity index (χ3n) is 3.23. The van der Waals surface area contributed by atoms with E-state index in [0.29, 0.717) is 11.5 Å². The van der Waals surface area contributed by atoms with Gasteiger partial charge in [0, 0.05) is 0 Å². The standard InChI is InChI=1S/C19H20N2O4S/c1-14-7-9-17(10-8-14)24-12-15(22)11-20-19(26)21-18(23)13-25-16-5-3-2-4-6-16/h2-10H,11-13H2,1H3,(H2,20,21,23,26). The van der Waals surface area contributed by atoms with E-state index in [9.17, 15) is 9.59 Å². The number of ether oxygens (including phenoxy) is 2. The molecule has 0 aliphatic rings. The van der Waals surface area contributed by atoms with Gasteiger partial charge in [0.15, 0.2) is 17.5 Å². The number of hydrogen-bond acceptors (Lipinski definition) is 5. The predicted molar refractivity (Wildman–Crippen MR) is 102 cm³/mol. The van der Waals surface area contributed by atoms with Crippen LogP contribution in [-0.2, 0) is 9.59 Å². The van der Waals surface area contributed by atoms with Gasteiger partial charge in [-0.25, -0.2) is 0 Å². The second-order valence-corrected chi connectivity index (χ2v) is 5.88. The fourth-order valence-corrected chi connectivity index (χ4v) is 2.09. The van der Waals surface area contributed by atoms with Gasteiger partial charge in [-0.3, -0.25) is 9.59 Å². The van der Waals surface area contributed by atoms with E-state index in [0.717, 1.165) is 5.56 Å². The number of amides is 1. The van der Waals surface area contributed by atoms with Crippen LogP contribution in [0.2, 0.25) is 0 Å². The summed E-state index contributed by atoms with van der Waals surface area (Å²) in [6.07, 6.45) is 0. The fourth-order valence-electron chi connectivity index (χ4n) is 1.90. The van der Waals surface area contributed by atoms with E-state index < -0.39 is 5.91 Å². The zero-order chi connectivity index (χ0) is 18.8. The molecule has 6 nitrogen and oxygen atoms in total. The van der Waals surface area contributed by atoms with Crippen LogP contribution in [0.1, 0.15) is 5.56 Å². The van der Waals surface area contributed by atoms with Gasteiger partial charge in [0.05, 0.1) is 6.54 Å². The van der Waals surface area contributed by atoms with Gasteiger partial charge in [0.25, 0.3) is 5.91 Å². The molecule has 1 amide bonds. The SMILES string of the molecule is Cc1ccc(OCC(=O)CNC(=S)NC(=O)COc2ccccc2)cc1. The first-order valence-corrected chi connectivity index (χ1v) is 8.40. The van der Waals surface area contributed by atoms with Crippen molar-refractivity contribution in [3.8, 4) is 11.5 Å². The normalized spacial score (nSPS) is 9.88. The molecule has 2 rings (SSSR count). The molecule has 26 heavy (non-hydrogen) atoms. The maximum Gasteiger partial charge on any atom is 0.264 e. The van der Waals surface area contributed by atoms with Crippen molar-refractivity contribution in [1.82, 2.24) is 10.6 Å². The molecule has 0 radical (unpaired) electrons. The number of rotatable bonds is 8. The summed E-state index contributed by atoms with van der Waals surface area (Å²) in [7, 11) is 0. The van der Waals surface area contributed by atoms with Crippen LogP contribution in [0.3, 0.4) is 0 Å². The minimum Gasteiger partial charge on any atom is -0.486 e. The van der Waals surface area contributed by atoms with Crippen molar-refractivity contribution in [1.29, 1.82) is 0 Å². The molecule has 7 heteroatoms. The van der Waals surface area contributed by atoms with Crippen LogP contribution in [0, 0.1) is 6.92 Å². The summed E-state index contributed by atoms with van der Waals surface area (Å²) in [5.74, 6) is 0.611. The van der Waals surface area contributed by atoms with Gasteiger partial charge in [0.1, 0.15) is 18.1 Å². The number of ketones is 1. The number of nitrogens with one attached hydrogen (secondary N) is 2. The van der Waals surface area contributed by atoms with Gasteiger partial charge < -0.3 is 20.1 Å². The molecule has 0 heterocycles. The molecular weight excluding hydrogens is 352 g/mol. The number of para-hydroxylation sites is 1. The minimum absolute atomic E-state index is 0.0372. The Bertz CT molecular complexity index is 748. The average molecular weight is 372 g/mol. The van der Waals surface area contributed by atoms with Crippen molar-refractivity contribution in [3.05, 3.63) is 60.2 Å². The average Bonchev–Trinajstić information content (AvgIpc) is 2.65. The highest BCUT2D eigenvalue weighted by Gasteiger charge is 2.08. The summed E-state index contributed by atoms with van der Waals surface area (Å²) in [5.41, 5.74) is 1.11. The highest BCUT2D eigenvalue weighted by atomic mass is 32.1. The molecule has 0 fully saturated rings. The molecule has 0 atom stereocenters. The maximum atomic E-state index is 11.8. The molecular formula is C19H20N2O4S. The molecule has 0 unspecified atom stereocenters. The highest BCUT2D eigenvalue weighted by molar-refractivity contribution is 7.80. The monoisotopic (exact) mass is 372 g/mol. The van der Waals surface area contributed by atoms with Gasteiger partial charge in [-0.15, -0.1) is 0 Å². The van der Waals surface area contributed by atoms with E-state index in [1.807, 2.05) is 37.3 Å². The van der Waals surface area contributed by atoms with Crippen LogP contribution in [-0.4, -0.2) is 36.6 Å². The summed E-state index contributed by atoms with van der Waals surface area (Å²) < 4.78 is 10.7. The first-order chi connectivity index (χ1) is 12.5. The predicted octanol–water partition coefficient (Wildman–Crippen LogP) is 2.01. The summed E-state index contributed by atoms with van der Waals surface area (Å²) in [5, 5.41) is 5.19. The molecule has 0 aromatic heterocycles. The largest absolute Gasteiger partial charge is 0.486 e. The summed E-state index contributed by atoms with van der Waals surface area (Å²) >= 11 is 4.98. The number of benzene rings is 2. The lowest BCUT2D eigenvalue weighted by molar-refractivity contribution is -0.122. The molecule has 0 saturated heterocycles. The third kappa shape index (κ3) is 7.31. The Hall–Kier alpha value is -2.93. The van der Waals surface area contributed by atoms with Crippen molar-refractivity contribution in [2.24, 2.45) is 0 Å².